The summed E-state index contributed by atoms with van der Waals surface area (Å²) in [6.45, 7) is 5.28. The first-order valence-corrected chi connectivity index (χ1v) is 8.18. The van der Waals surface area contributed by atoms with E-state index in [1.807, 2.05) is 0 Å². The molecule has 0 unspecified atom stereocenters. The summed E-state index contributed by atoms with van der Waals surface area (Å²) < 4.78 is 30.8. The number of rotatable bonds is 2. The fraction of sp³-hybridized carbons (Fsp3) is 0.917. The van der Waals surface area contributed by atoms with Crippen molar-refractivity contribution in [3.05, 3.63) is 0 Å². The van der Waals surface area contributed by atoms with Crippen LogP contribution in [-0.4, -0.2) is 32.5 Å². The molecule has 0 heterocycles. The molecule has 0 bridgehead atoms. The molecule has 2 N–H and O–H groups in total. The number of primary amides is 1. The molecule has 1 fully saturated rings. The molecule has 1 rings (SSSR count). The van der Waals surface area contributed by atoms with Gasteiger partial charge in [0.15, 0.2) is 0 Å². The van der Waals surface area contributed by atoms with E-state index in [2.05, 4.69) is 4.74 Å². The van der Waals surface area contributed by atoms with Gasteiger partial charge >= 0.3 is 6.09 Å². The monoisotopic (exact) mass is 295 g/mol. The summed E-state index contributed by atoms with van der Waals surface area (Å²) in [5.74, 6) is 0. The maximum absolute atomic E-state index is 10.7. The van der Waals surface area contributed by atoms with Crippen LogP contribution in [0.1, 0.15) is 52.9 Å². The second kappa shape index (κ2) is 7.69. The zero-order valence-electron chi connectivity index (χ0n) is 12.1. The average Bonchev–Trinajstić information content (AvgIpc) is 2.12. The fourth-order valence-corrected chi connectivity index (χ4v) is 2.40. The van der Waals surface area contributed by atoms with Gasteiger partial charge in [-0.1, -0.05) is 19.3 Å². The molecule has 1 aliphatic carbocycles. The fourth-order valence-electron chi connectivity index (χ4n) is 1.71. The second-order valence-corrected chi connectivity index (χ2v) is 7.19. The summed E-state index contributed by atoms with van der Waals surface area (Å²) in [6, 6.07) is 0. The molecule has 6 nitrogen and oxygen atoms in total. The van der Waals surface area contributed by atoms with Crippen LogP contribution < -0.4 is 5.73 Å². The van der Waals surface area contributed by atoms with E-state index in [-0.39, 0.29) is 6.10 Å². The summed E-state index contributed by atoms with van der Waals surface area (Å²) in [6.07, 6.45) is 5.54. The van der Waals surface area contributed by atoms with E-state index in [1.54, 1.807) is 20.8 Å². The minimum Gasteiger partial charge on any atom is -0.444 e. The van der Waals surface area contributed by atoms with Crippen LogP contribution in [0, 0.1) is 0 Å². The van der Waals surface area contributed by atoms with Gasteiger partial charge in [-0.2, -0.15) is 8.42 Å². The number of hydrogen-bond donors (Lipinski definition) is 1. The van der Waals surface area contributed by atoms with Crippen LogP contribution >= 0.6 is 0 Å². The van der Waals surface area contributed by atoms with Crippen molar-refractivity contribution in [2.24, 2.45) is 5.73 Å². The molecule has 1 amide bonds. The number of ether oxygens (including phenoxy) is 1. The molecule has 0 spiro atoms. The maximum atomic E-state index is 10.7. The molecule has 114 valence electrons. The van der Waals surface area contributed by atoms with Gasteiger partial charge in [-0.3, -0.25) is 4.18 Å². The molecule has 19 heavy (non-hydrogen) atoms. The Morgan fingerprint density at radius 2 is 1.63 bits per heavy atom. The van der Waals surface area contributed by atoms with Gasteiger partial charge in [0.1, 0.15) is 5.60 Å². The Balaban J connectivity index is 0.000000362. The zero-order chi connectivity index (χ0) is 15.1. The zero-order valence-corrected chi connectivity index (χ0v) is 13.0. The van der Waals surface area contributed by atoms with Crippen LogP contribution in [0.15, 0.2) is 0 Å². The number of amides is 1. The number of nitrogens with two attached hydrogens (primary N) is 1. The quantitative estimate of drug-likeness (QED) is 0.788. The van der Waals surface area contributed by atoms with Crippen LogP contribution in [0.4, 0.5) is 4.79 Å². The van der Waals surface area contributed by atoms with E-state index in [9.17, 15) is 13.2 Å². The van der Waals surface area contributed by atoms with Crippen LogP contribution in [0.5, 0.6) is 0 Å². The van der Waals surface area contributed by atoms with E-state index in [1.165, 1.54) is 6.42 Å². The van der Waals surface area contributed by atoms with Crippen molar-refractivity contribution in [1.82, 2.24) is 0 Å². The largest absolute Gasteiger partial charge is 0.444 e. The van der Waals surface area contributed by atoms with Gasteiger partial charge in [-0.25, -0.2) is 4.79 Å². The van der Waals surface area contributed by atoms with Crippen LogP contribution in [0.3, 0.4) is 0 Å². The molecule has 7 heteroatoms. The smallest absolute Gasteiger partial charge is 0.405 e. The number of carbonyl (C=O) groups is 1. The second-order valence-electron chi connectivity index (χ2n) is 5.59. The van der Waals surface area contributed by atoms with Crippen LogP contribution in [0.2, 0.25) is 0 Å². The molecular weight excluding hydrogens is 270 g/mol. The summed E-state index contributed by atoms with van der Waals surface area (Å²) in [7, 11) is -3.22. The molecule has 1 aliphatic rings. The Kier molecular flexibility index (Phi) is 7.36. The predicted octanol–water partition coefficient (Wildman–Crippen LogP) is 2.18. The van der Waals surface area contributed by atoms with Crippen molar-refractivity contribution in [2.75, 3.05) is 6.26 Å². The summed E-state index contributed by atoms with van der Waals surface area (Å²) in [4.78, 5) is 10.0. The molecule has 0 aromatic heterocycles. The van der Waals surface area contributed by atoms with E-state index >= 15 is 0 Å². The lowest BCUT2D eigenvalue weighted by atomic mass is 9.98. The highest BCUT2D eigenvalue weighted by molar-refractivity contribution is 7.86. The first-order valence-electron chi connectivity index (χ1n) is 6.36. The Morgan fingerprint density at radius 3 is 1.89 bits per heavy atom. The van der Waals surface area contributed by atoms with Crippen molar-refractivity contribution in [1.29, 1.82) is 0 Å². The van der Waals surface area contributed by atoms with Crippen molar-refractivity contribution >= 4 is 16.2 Å². The molecule has 0 aromatic carbocycles. The summed E-state index contributed by atoms with van der Waals surface area (Å²) in [5, 5.41) is 0. The van der Waals surface area contributed by atoms with Crippen molar-refractivity contribution in [3.8, 4) is 0 Å². The van der Waals surface area contributed by atoms with E-state index in [0.29, 0.717) is 0 Å². The third kappa shape index (κ3) is 13.4. The van der Waals surface area contributed by atoms with Gasteiger partial charge in [-0.05, 0) is 33.6 Å². The Morgan fingerprint density at radius 1 is 1.16 bits per heavy atom. The van der Waals surface area contributed by atoms with E-state index < -0.39 is 21.8 Å². The van der Waals surface area contributed by atoms with Gasteiger partial charge in [0, 0.05) is 0 Å². The minimum absolute atomic E-state index is 0.0428. The lowest BCUT2D eigenvalue weighted by Crippen LogP contribution is -2.27. The third-order valence-electron chi connectivity index (χ3n) is 2.27. The van der Waals surface area contributed by atoms with Crippen molar-refractivity contribution in [2.45, 2.75) is 64.6 Å². The highest BCUT2D eigenvalue weighted by atomic mass is 32.2. The van der Waals surface area contributed by atoms with E-state index in [0.717, 1.165) is 31.9 Å². The Hall–Kier alpha value is -0.820. The molecule has 1 saturated carbocycles. The minimum atomic E-state index is -3.22. The molecule has 0 aromatic rings. The van der Waals surface area contributed by atoms with Crippen LogP contribution in [0.25, 0.3) is 0 Å². The Labute approximate surface area is 115 Å². The summed E-state index contributed by atoms with van der Waals surface area (Å²) in [5.41, 5.74) is 4.26. The van der Waals surface area contributed by atoms with Crippen LogP contribution in [-0.2, 0) is 19.0 Å². The lowest BCUT2D eigenvalue weighted by Gasteiger charge is -2.19. The number of carbonyl (C=O) groups excluding carboxylic acids is 1. The highest BCUT2D eigenvalue weighted by Crippen LogP contribution is 2.21. The Bertz CT molecular complexity index is 366. The number of hydrogen-bond acceptors (Lipinski definition) is 5. The van der Waals surface area contributed by atoms with Crippen molar-refractivity contribution in [3.63, 3.8) is 0 Å². The maximum Gasteiger partial charge on any atom is 0.405 e. The van der Waals surface area contributed by atoms with Gasteiger partial charge in [-0.15, -0.1) is 0 Å². The first kappa shape index (κ1) is 18.2. The van der Waals surface area contributed by atoms with Crippen molar-refractivity contribution < 1.29 is 22.1 Å². The summed E-state index contributed by atoms with van der Waals surface area (Å²) >= 11 is 0. The first-order chi connectivity index (χ1) is 8.49. The highest BCUT2D eigenvalue weighted by Gasteiger charge is 2.17. The molecule has 0 atom stereocenters. The average molecular weight is 295 g/mol. The third-order valence-corrected chi connectivity index (χ3v) is 2.89. The SMILES string of the molecule is CC(C)(C)OC(N)=O.CS(=O)(=O)OC1CCCCC1. The molecule has 0 aliphatic heterocycles. The van der Waals surface area contributed by atoms with Gasteiger partial charge in [0.2, 0.25) is 0 Å². The normalized spacial score (nSPS) is 17.3. The molecule has 0 radical (unpaired) electrons. The molecule has 0 saturated heterocycles. The van der Waals surface area contributed by atoms with E-state index in [4.69, 9.17) is 9.92 Å². The predicted molar refractivity (Wildman–Crippen MR) is 73.2 cm³/mol. The standard InChI is InChI=1S/C7H14O3S.C5H11NO2/c1-11(8,9)10-7-5-3-2-4-6-7;1-5(2,3)8-4(6)7/h7H,2-6H2,1H3;1-3H3,(H2,6,7). The lowest BCUT2D eigenvalue weighted by molar-refractivity contribution is 0.0600. The molecular formula is C12H25NO5S. The van der Waals surface area contributed by atoms with Gasteiger partial charge < -0.3 is 10.5 Å². The van der Waals surface area contributed by atoms with Gasteiger partial charge in [0.05, 0.1) is 12.4 Å². The topological polar surface area (TPSA) is 95.7 Å². The van der Waals surface area contributed by atoms with Gasteiger partial charge in [0.25, 0.3) is 10.1 Å².